The maximum absolute atomic E-state index is 13.7. The van der Waals surface area contributed by atoms with Crippen molar-refractivity contribution in [1.29, 1.82) is 0 Å². The Morgan fingerprint density at radius 3 is 2.22 bits per heavy atom. The monoisotopic (exact) mass is 600 g/mol. The van der Waals surface area contributed by atoms with E-state index in [9.17, 15) is 24.1 Å². The summed E-state index contributed by atoms with van der Waals surface area (Å²) in [4.78, 5) is 46.0. The van der Waals surface area contributed by atoms with Crippen molar-refractivity contribution in [3.63, 3.8) is 0 Å². The average molecular weight is 601 g/mol. The molecule has 1 aromatic carbocycles. The number of benzene rings is 1. The smallest absolute Gasteiger partial charge is 0.407 e. The van der Waals surface area contributed by atoms with Gasteiger partial charge in [-0.1, -0.05) is 30.3 Å². The number of hydrogen-bond acceptors (Lipinski definition) is 8. The van der Waals surface area contributed by atoms with E-state index >= 15 is 0 Å². The number of pyridine rings is 1. The molecular formula is C28H33N4O7PS. The van der Waals surface area contributed by atoms with E-state index in [1.54, 1.807) is 19.9 Å². The van der Waals surface area contributed by atoms with Crippen LogP contribution in [0.5, 0.6) is 0 Å². The number of amides is 3. The van der Waals surface area contributed by atoms with Crippen LogP contribution in [0.2, 0.25) is 0 Å². The number of carbonyl (C=O) groups excluding carboxylic acids is 2. The van der Waals surface area contributed by atoms with Gasteiger partial charge >= 0.3 is 13.7 Å². The van der Waals surface area contributed by atoms with E-state index in [1.807, 2.05) is 53.2 Å². The van der Waals surface area contributed by atoms with E-state index in [2.05, 4.69) is 10.3 Å². The summed E-state index contributed by atoms with van der Waals surface area (Å²) in [6.07, 6.45) is -1.45. The number of hydrogen-bond donors (Lipinski definition) is 2. The number of thiophene rings is 1. The molecule has 11 nitrogen and oxygen atoms in total. The summed E-state index contributed by atoms with van der Waals surface area (Å²) in [5, 5.41) is 15.9. The van der Waals surface area contributed by atoms with E-state index in [-0.39, 0.29) is 51.2 Å². The van der Waals surface area contributed by atoms with Gasteiger partial charge in [0.1, 0.15) is 11.7 Å². The zero-order chi connectivity index (χ0) is 29.4. The van der Waals surface area contributed by atoms with E-state index in [0.29, 0.717) is 5.69 Å². The fourth-order valence-electron chi connectivity index (χ4n) is 4.51. The molecule has 218 valence electrons. The molecule has 0 saturated carbocycles. The number of nitrogens with one attached hydrogen (secondary N) is 1. The Kier molecular flexibility index (Phi) is 10.3. The van der Waals surface area contributed by atoms with Gasteiger partial charge in [0.05, 0.1) is 25.1 Å². The molecule has 2 aromatic heterocycles. The summed E-state index contributed by atoms with van der Waals surface area (Å²) in [7, 11) is -3.75. The van der Waals surface area contributed by atoms with Gasteiger partial charge in [-0.05, 0) is 53.9 Å². The largest absolute Gasteiger partial charge is 0.465 e. The molecule has 0 aliphatic carbocycles. The van der Waals surface area contributed by atoms with E-state index in [4.69, 9.17) is 9.05 Å². The van der Waals surface area contributed by atoms with Crippen LogP contribution in [0.25, 0.3) is 22.4 Å². The predicted molar refractivity (Wildman–Crippen MR) is 156 cm³/mol. The van der Waals surface area contributed by atoms with Gasteiger partial charge in [0.2, 0.25) is 5.91 Å². The highest BCUT2D eigenvalue weighted by molar-refractivity contribution is 7.54. The Bertz CT molecular complexity index is 1390. The highest BCUT2D eigenvalue weighted by Gasteiger charge is 2.37. The molecule has 1 fully saturated rings. The van der Waals surface area contributed by atoms with Gasteiger partial charge in [0.25, 0.3) is 5.91 Å². The first-order valence-electron chi connectivity index (χ1n) is 13.3. The Labute approximate surface area is 242 Å². The van der Waals surface area contributed by atoms with Gasteiger partial charge in [-0.15, -0.1) is 0 Å². The van der Waals surface area contributed by atoms with Crippen LogP contribution in [0, 0.1) is 0 Å². The van der Waals surface area contributed by atoms with E-state index in [0.717, 1.165) is 16.7 Å². The lowest BCUT2D eigenvalue weighted by Crippen LogP contribution is -2.56. The molecule has 1 saturated heterocycles. The number of aromatic nitrogens is 1. The molecule has 2 N–H and O–H groups in total. The molecule has 1 aliphatic rings. The minimum Gasteiger partial charge on any atom is -0.465 e. The van der Waals surface area contributed by atoms with E-state index in [1.165, 1.54) is 21.1 Å². The maximum atomic E-state index is 13.7. The van der Waals surface area contributed by atoms with Crippen molar-refractivity contribution in [3.05, 3.63) is 65.0 Å². The quantitative estimate of drug-likeness (QED) is 0.303. The van der Waals surface area contributed by atoms with Crippen molar-refractivity contribution >= 4 is 36.8 Å². The number of carboxylic acid groups (broad SMARTS) is 1. The molecule has 4 rings (SSSR count). The zero-order valence-electron chi connectivity index (χ0n) is 22.9. The first-order chi connectivity index (χ1) is 19.7. The highest BCUT2D eigenvalue weighted by Crippen LogP contribution is 2.48. The molecule has 3 heterocycles. The van der Waals surface area contributed by atoms with E-state index < -0.39 is 31.5 Å². The number of piperazine rings is 1. The molecule has 0 bridgehead atoms. The molecule has 41 heavy (non-hydrogen) atoms. The van der Waals surface area contributed by atoms with Gasteiger partial charge in [-0.3, -0.25) is 14.2 Å². The van der Waals surface area contributed by atoms with Crippen molar-refractivity contribution in [2.75, 3.05) is 45.6 Å². The summed E-state index contributed by atoms with van der Waals surface area (Å²) in [5.41, 5.74) is 3.20. The molecule has 0 radical (unpaired) electrons. The Hall–Kier alpha value is -3.57. The van der Waals surface area contributed by atoms with Crippen molar-refractivity contribution in [1.82, 2.24) is 20.1 Å². The second kappa shape index (κ2) is 13.9. The number of nitrogens with zero attached hydrogens (tertiary/aromatic N) is 3. The van der Waals surface area contributed by atoms with Gasteiger partial charge < -0.3 is 29.3 Å². The second-order valence-corrected chi connectivity index (χ2v) is 12.1. The van der Waals surface area contributed by atoms with Crippen LogP contribution < -0.4 is 5.32 Å². The third-order valence-electron chi connectivity index (χ3n) is 6.51. The Morgan fingerprint density at radius 1 is 0.976 bits per heavy atom. The fourth-order valence-corrected chi connectivity index (χ4v) is 6.95. The van der Waals surface area contributed by atoms with Crippen molar-refractivity contribution in [2.24, 2.45) is 0 Å². The summed E-state index contributed by atoms with van der Waals surface area (Å²) in [6, 6.07) is 13.7. The third kappa shape index (κ3) is 7.80. The lowest BCUT2D eigenvalue weighted by Gasteiger charge is -2.35. The first-order valence-corrected chi connectivity index (χ1v) is 16.0. The Morgan fingerprint density at radius 2 is 1.63 bits per heavy atom. The van der Waals surface area contributed by atoms with Crippen LogP contribution in [-0.2, 0) is 18.4 Å². The van der Waals surface area contributed by atoms with Crippen LogP contribution in [0.1, 0.15) is 24.3 Å². The van der Waals surface area contributed by atoms with Crippen molar-refractivity contribution in [3.8, 4) is 22.4 Å². The topological polar surface area (TPSA) is 138 Å². The molecule has 1 atom stereocenters. The third-order valence-corrected chi connectivity index (χ3v) is 9.30. The summed E-state index contributed by atoms with van der Waals surface area (Å²) in [6.45, 7) is 4.03. The fraction of sp³-hybridized carbons (Fsp3) is 0.357. The van der Waals surface area contributed by atoms with Crippen molar-refractivity contribution in [2.45, 2.75) is 19.9 Å². The van der Waals surface area contributed by atoms with Crippen molar-refractivity contribution < 1.29 is 33.1 Å². The minimum absolute atomic E-state index is 0.0868. The average Bonchev–Trinajstić information content (AvgIpc) is 3.52. The first kappa shape index (κ1) is 30.4. The lowest BCUT2D eigenvalue weighted by molar-refractivity contribution is -0.134. The van der Waals surface area contributed by atoms with Gasteiger partial charge in [0.15, 0.2) is 0 Å². The number of rotatable bonds is 11. The Balaban J connectivity index is 1.65. The molecule has 0 unspecified atom stereocenters. The second-order valence-electron chi connectivity index (χ2n) is 9.25. The van der Waals surface area contributed by atoms with Gasteiger partial charge in [0, 0.05) is 31.7 Å². The molecule has 3 amide bonds. The van der Waals surface area contributed by atoms with Crippen LogP contribution in [0.3, 0.4) is 0 Å². The molecule has 1 aliphatic heterocycles. The van der Waals surface area contributed by atoms with Crippen LogP contribution in [-0.4, -0.2) is 89.4 Å². The normalized spacial score (nSPS) is 14.5. The molecule has 13 heteroatoms. The van der Waals surface area contributed by atoms with Crippen LogP contribution >= 0.6 is 18.9 Å². The SMILES string of the molecule is CCOP(=O)(C[C@H](NC(=O)c1cc(-c2ccsc2)cc(-c2ccccc2)n1)C(=O)N1CCN(C(=O)O)CC1)OCC. The minimum atomic E-state index is -3.75. The standard InChI is InChI=1S/C28H33N4O7PS/c1-3-38-40(37,39-4-2)18-25(27(34)31-11-13-32(14-12-31)28(35)36)30-26(33)24-17-22(21-10-15-41-19-21)16-23(29-24)20-8-6-5-7-9-20/h5-10,15-17,19,25H,3-4,11-14,18H2,1-2H3,(H,30,33)(H,35,36)/t25-/m0/s1. The summed E-state index contributed by atoms with van der Waals surface area (Å²) >= 11 is 1.53. The zero-order valence-corrected chi connectivity index (χ0v) is 24.6. The van der Waals surface area contributed by atoms with Crippen LogP contribution in [0.15, 0.2) is 59.3 Å². The van der Waals surface area contributed by atoms with Gasteiger partial charge in [-0.2, -0.15) is 11.3 Å². The molecular weight excluding hydrogens is 567 g/mol. The number of carbonyl (C=O) groups is 3. The highest BCUT2D eigenvalue weighted by atomic mass is 32.1. The molecule has 0 spiro atoms. The maximum Gasteiger partial charge on any atom is 0.407 e. The van der Waals surface area contributed by atoms with Gasteiger partial charge in [-0.25, -0.2) is 9.78 Å². The lowest BCUT2D eigenvalue weighted by atomic mass is 10.0. The molecule has 3 aromatic rings. The summed E-state index contributed by atoms with van der Waals surface area (Å²) in [5.74, 6) is -1.12. The predicted octanol–water partition coefficient (Wildman–Crippen LogP) is 4.66. The summed E-state index contributed by atoms with van der Waals surface area (Å²) < 4.78 is 24.3. The van der Waals surface area contributed by atoms with Crippen LogP contribution in [0.4, 0.5) is 4.79 Å².